The van der Waals surface area contributed by atoms with E-state index in [0.29, 0.717) is 10.8 Å². The summed E-state index contributed by atoms with van der Waals surface area (Å²) in [7, 11) is 0. The minimum atomic E-state index is -0.0727. The SMILES string of the molecule is CC(=O)Nc1ccc(-c2ccc(NC[C@@H]3CC34CCN(CCC(C)(C)C)CC4)nn2)cc1. The topological polar surface area (TPSA) is 70.2 Å². The summed E-state index contributed by atoms with van der Waals surface area (Å²) in [6.45, 7) is 13.2. The van der Waals surface area contributed by atoms with Crippen LogP contribution < -0.4 is 10.6 Å². The molecule has 1 amide bonds. The van der Waals surface area contributed by atoms with Gasteiger partial charge in [-0.1, -0.05) is 32.9 Å². The van der Waals surface area contributed by atoms with Crippen molar-refractivity contribution >= 4 is 17.4 Å². The van der Waals surface area contributed by atoms with E-state index >= 15 is 0 Å². The molecule has 1 atom stereocenters. The van der Waals surface area contributed by atoms with Gasteiger partial charge >= 0.3 is 0 Å². The summed E-state index contributed by atoms with van der Waals surface area (Å²) in [6.07, 6.45) is 5.30. The zero-order chi connectivity index (χ0) is 22.8. The number of rotatable bonds is 7. The molecule has 2 N–H and O–H groups in total. The number of piperidine rings is 1. The van der Waals surface area contributed by atoms with Crippen LogP contribution >= 0.6 is 0 Å². The first kappa shape index (κ1) is 22.7. The Bertz CT molecular complexity index is 909. The third-order valence-electron chi connectivity index (χ3n) is 7.08. The summed E-state index contributed by atoms with van der Waals surface area (Å²) in [5, 5.41) is 15.1. The molecule has 172 valence electrons. The second-order valence-corrected chi connectivity index (χ2v) is 10.9. The van der Waals surface area contributed by atoms with Crippen molar-refractivity contribution in [1.82, 2.24) is 15.1 Å². The van der Waals surface area contributed by atoms with Gasteiger partial charge in [0.25, 0.3) is 0 Å². The highest BCUT2D eigenvalue weighted by molar-refractivity contribution is 5.88. The zero-order valence-corrected chi connectivity index (χ0v) is 19.9. The van der Waals surface area contributed by atoms with Gasteiger partial charge in [0.2, 0.25) is 5.91 Å². The average Bonchev–Trinajstić information content (AvgIpc) is 3.43. The van der Waals surface area contributed by atoms with Gasteiger partial charge < -0.3 is 15.5 Å². The first-order valence-corrected chi connectivity index (χ1v) is 11.9. The zero-order valence-electron chi connectivity index (χ0n) is 19.9. The fourth-order valence-corrected chi connectivity index (χ4v) is 4.78. The Morgan fingerprint density at radius 2 is 1.81 bits per heavy atom. The molecule has 2 aliphatic rings. The number of nitrogens with zero attached hydrogens (tertiary/aromatic N) is 3. The Balaban J connectivity index is 1.22. The van der Waals surface area contributed by atoms with Crippen molar-refractivity contribution < 1.29 is 4.79 Å². The molecule has 1 saturated carbocycles. The number of amides is 1. The molecular weight excluding hydrogens is 398 g/mol. The van der Waals surface area contributed by atoms with E-state index in [9.17, 15) is 4.79 Å². The Kier molecular flexibility index (Phi) is 6.52. The fourth-order valence-electron chi connectivity index (χ4n) is 4.78. The Hall–Kier alpha value is -2.47. The number of aromatic nitrogens is 2. The molecule has 4 rings (SSSR count). The number of nitrogens with one attached hydrogen (secondary N) is 2. The van der Waals surface area contributed by atoms with Crippen LogP contribution in [0.4, 0.5) is 11.5 Å². The van der Waals surface area contributed by atoms with E-state index in [1.54, 1.807) is 0 Å². The van der Waals surface area contributed by atoms with Crippen LogP contribution in [0.2, 0.25) is 0 Å². The third kappa shape index (κ3) is 5.85. The van der Waals surface area contributed by atoms with E-state index < -0.39 is 0 Å². The minimum Gasteiger partial charge on any atom is -0.368 e. The lowest BCUT2D eigenvalue weighted by atomic mass is 9.88. The summed E-state index contributed by atoms with van der Waals surface area (Å²) in [4.78, 5) is 13.8. The lowest BCUT2D eigenvalue weighted by Gasteiger charge is -2.34. The largest absolute Gasteiger partial charge is 0.368 e. The van der Waals surface area contributed by atoms with Crippen LogP contribution in [0.5, 0.6) is 0 Å². The van der Waals surface area contributed by atoms with E-state index in [1.807, 2.05) is 36.4 Å². The Morgan fingerprint density at radius 3 is 2.41 bits per heavy atom. The summed E-state index contributed by atoms with van der Waals surface area (Å²) < 4.78 is 0. The molecule has 32 heavy (non-hydrogen) atoms. The first-order chi connectivity index (χ1) is 15.2. The Morgan fingerprint density at radius 1 is 1.09 bits per heavy atom. The minimum absolute atomic E-state index is 0.0727. The molecule has 2 heterocycles. The summed E-state index contributed by atoms with van der Waals surface area (Å²) >= 11 is 0. The van der Waals surface area contributed by atoms with Crippen LogP contribution in [0.15, 0.2) is 36.4 Å². The molecule has 6 heteroatoms. The van der Waals surface area contributed by atoms with Crippen molar-refractivity contribution in [2.75, 3.05) is 36.8 Å². The fraction of sp³-hybridized carbons (Fsp3) is 0.577. The first-order valence-electron chi connectivity index (χ1n) is 11.9. The molecule has 1 aromatic carbocycles. The molecule has 2 fully saturated rings. The molecule has 0 bridgehead atoms. The van der Waals surface area contributed by atoms with E-state index in [2.05, 4.69) is 46.5 Å². The summed E-state index contributed by atoms with van der Waals surface area (Å²) in [6, 6.07) is 11.7. The van der Waals surface area contributed by atoms with Gasteiger partial charge in [-0.3, -0.25) is 4.79 Å². The number of carbonyl (C=O) groups is 1. The smallest absolute Gasteiger partial charge is 0.221 e. The van der Waals surface area contributed by atoms with Crippen LogP contribution in [0.3, 0.4) is 0 Å². The average molecular weight is 436 g/mol. The number of hydrogen-bond donors (Lipinski definition) is 2. The van der Waals surface area contributed by atoms with Gasteiger partial charge in [0.05, 0.1) is 5.69 Å². The molecular formula is C26H37N5O. The molecule has 1 spiro atoms. The van der Waals surface area contributed by atoms with Crippen LogP contribution in [-0.2, 0) is 4.79 Å². The maximum atomic E-state index is 11.1. The number of likely N-dealkylation sites (tertiary alicyclic amines) is 1. The molecule has 2 aromatic rings. The molecule has 0 radical (unpaired) electrons. The van der Waals surface area contributed by atoms with Crippen molar-refractivity contribution in [3.8, 4) is 11.3 Å². The maximum Gasteiger partial charge on any atom is 0.221 e. The predicted octanol–water partition coefficient (Wildman–Crippen LogP) is 5.05. The number of anilines is 2. The van der Waals surface area contributed by atoms with E-state index in [4.69, 9.17) is 0 Å². The van der Waals surface area contributed by atoms with Crippen molar-refractivity contribution in [2.45, 2.75) is 53.4 Å². The molecule has 0 unspecified atom stereocenters. The van der Waals surface area contributed by atoms with Crippen molar-refractivity contribution in [1.29, 1.82) is 0 Å². The molecule has 1 aliphatic heterocycles. The van der Waals surface area contributed by atoms with Gasteiger partial charge in [-0.2, -0.15) is 0 Å². The second-order valence-electron chi connectivity index (χ2n) is 10.9. The maximum absolute atomic E-state index is 11.1. The lowest BCUT2D eigenvalue weighted by molar-refractivity contribution is -0.114. The van der Waals surface area contributed by atoms with E-state index in [0.717, 1.165) is 35.2 Å². The van der Waals surface area contributed by atoms with E-state index in [1.165, 1.54) is 52.2 Å². The predicted molar refractivity (Wildman–Crippen MR) is 131 cm³/mol. The van der Waals surface area contributed by atoms with Gasteiger partial charge in [-0.25, -0.2) is 0 Å². The highest BCUT2D eigenvalue weighted by atomic mass is 16.1. The van der Waals surface area contributed by atoms with Gasteiger partial charge in [0, 0.05) is 24.7 Å². The number of benzene rings is 1. The van der Waals surface area contributed by atoms with Gasteiger partial charge in [0.1, 0.15) is 5.82 Å². The normalized spacial score (nSPS) is 20.2. The standard InChI is InChI=1S/C26H37N5O/c1-19(32)28-22-7-5-20(6-8-22)23-9-10-24(30-29-23)27-18-21-17-26(21)12-15-31(16-13-26)14-11-25(2,3)4/h5-10,21H,11-18H2,1-4H3,(H,27,30)(H,28,32)/t21-/m0/s1. The lowest BCUT2D eigenvalue weighted by Crippen LogP contribution is -2.37. The highest BCUT2D eigenvalue weighted by Gasteiger charge is 2.54. The van der Waals surface area contributed by atoms with Crippen LogP contribution in [-0.4, -0.2) is 47.2 Å². The number of hydrogen-bond acceptors (Lipinski definition) is 5. The van der Waals surface area contributed by atoms with Crippen molar-refractivity contribution in [3.63, 3.8) is 0 Å². The Labute approximate surface area is 192 Å². The molecule has 6 nitrogen and oxygen atoms in total. The van der Waals surface area contributed by atoms with Gasteiger partial charge in [-0.05, 0) is 86.3 Å². The van der Waals surface area contributed by atoms with Crippen LogP contribution in [0, 0.1) is 16.7 Å². The summed E-state index contributed by atoms with van der Waals surface area (Å²) in [5.74, 6) is 1.53. The molecule has 1 aromatic heterocycles. The van der Waals surface area contributed by atoms with Crippen LogP contribution in [0.1, 0.15) is 53.4 Å². The van der Waals surface area contributed by atoms with Crippen LogP contribution in [0.25, 0.3) is 11.3 Å². The van der Waals surface area contributed by atoms with E-state index in [-0.39, 0.29) is 5.91 Å². The van der Waals surface area contributed by atoms with Crippen molar-refractivity contribution in [3.05, 3.63) is 36.4 Å². The summed E-state index contributed by atoms with van der Waals surface area (Å²) in [5.41, 5.74) is 3.58. The monoisotopic (exact) mass is 435 g/mol. The molecule has 1 saturated heterocycles. The van der Waals surface area contributed by atoms with Crippen molar-refractivity contribution in [2.24, 2.45) is 16.7 Å². The quantitative estimate of drug-likeness (QED) is 0.637. The third-order valence-corrected chi connectivity index (χ3v) is 7.08. The molecule has 1 aliphatic carbocycles. The van der Waals surface area contributed by atoms with Gasteiger partial charge in [-0.15, -0.1) is 10.2 Å². The van der Waals surface area contributed by atoms with Gasteiger partial charge in [0.15, 0.2) is 0 Å². The number of carbonyl (C=O) groups excluding carboxylic acids is 1. The highest BCUT2D eigenvalue weighted by Crippen LogP contribution is 2.59. The second kappa shape index (κ2) is 9.18.